The number of aliphatic hydroxyl groups excluding tert-OH is 1. The van der Waals surface area contributed by atoms with Crippen molar-refractivity contribution in [1.29, 1.82) is 0 Å². The molecule has 0 saturated carbocycles. The summed E-state index contributed by atoms with van der Waals surface area (Å²) in [5.74, 6) is 0. The van der Waals surface area contributed by atoms with Gasteiger partial charge in [0.15, 0.2) is 0 Å². The Kier molecular flexibility index (Phi) is 3.30. The van der Waals surface area contributed by atoms with Crippen LogP contribution in [0.3, 0.4) is 0 Å². The van der Waals surface area contributed by atoms with Crippen LogP contribution in [0.5, 0.6) is 0 Å². The molecule has 2 fully saturated rings. The Morgan fingerprint density at radius 1 is 1.25 bits per heavy atom. The van der Waals surface area contributed by atoms with Crippen molar-refractivity contribution in [1.82, 2.24) is 10.2 Å². The van der Waals surface area contributed by atoms with Crippen molar-refractivity contribution < 1.29 is 5.11 Å². The van der Waals surface area contributed by atoms with Gasteiger partial charge in [-0.2, -0.15) is 0 Å². The van der Waals surface area contributed by atoms with Crippen LogP contribution in [-0.2, 0) is 0 Å². The second-order valence-electron chi connectivity index (χ2n) is 6.54. The predicted octanol–water partition coefficient (Wildman–Crippen LogP) is 1.08. The van der Waals surface area contributed by atoms with Crippen LogP contribution < -0.4 is 5.32 Å². The van der Waals surface area contributed by atoms with Crippen molar-refractivity contribution in [2.75, 3.05) is 32.8 Å². The van der Waals surface area contributed by atoms with Crippen LogP contribution in [0.2, 0.25) is 0 Å². The summed E-state index contributed by atoms with van der Waals surface area (Å²) in [6.07, 6.45) is 2.28. The van der Waals surface area contributed by atoms with Gasteiger partial charge in [-0.25, -0.2) is 0 Å². The predicted molar refractivity (Wildman–Crippen MR) is 66.4 cm³/mol. The Hall–Kier alpha value is -0.120. The standard InChI is InChI=1S/C13H26N2O/c1-12(2,3)13(10-16)4-6-15(7-5-13)11-8-14-9-11/h11,14,16H,4-10H2,1-3H3. The quantitative estimate of drug-likeness (QED) is 0.739. The second kappa shape index (κ2) is 4.28. The molecule has 94 valence electrons. The molecular weight excluding hydrogens is 200 g/mol. The number of nitrogens with zero attached hydrogens (tertiary/aromatic N) is 1. The van der Waals surface area contributed by atoms with E-state index in [2.05, 4.69) is 31.0 Å². The molecule has 2 rings (SSSR count). The highest BCUT2D eigenvalue weighted by atomic mass is 16.3. The van der Waals surface area contributed by atoms with E-state index in [-0.39, 0.29) is 10.8 Å². The lowest BCUT2D eigenvalue weighted by atomic mass is 9.62. The largest absolute Gasteiger partial charge is 0.396 e. The summed E-state index contributed by atoms with van der Waals surface area (Å²) in [7, 11) is 0. The van der Waals surface area contributed by atoms with Crippen molar-refractivity contribution in [3.63, 3.8) is 0 Å². The molecule has 0 aliphatic carbocycles. The molecule has 0 unspecified atom stereocenters. The van der Waals surface area contributed by atoms with E-state index in [1.54, 1.807) is 0 Å². The van der Waals surface area contributed by atoms with E-state index >= 15 is 0 Å². The molecule has 2 heterocycles. The van der Waals surface area contributed by atoms with Crippen LogP contribution in [0.4, 0.5) is 0 Å². The lowest BCUT2D eigenvalue weighted by Crippen LogP contribution is -2.61. The van der Waals surface area contributed by atoms with Gasteiger partial charge in [0.05, 0.1) is 0 Å². The molecule has 16 heavy (non-hydrogen) atoms. The van der Waals surface area contributed by atoms with Crippen molar-refractivity contribution in [2.24, 2.45) is 10.8 Å². The van der Waals surface area contributed by atoms with Crippen molar-refractivity contribution in [2.45, 2.75) is 39.7 Å². The Morgan fingerprint density at radius 3 is 2.12 bits per heavy atom. The lowest BCUT2D eigenvalue weighted by Gasteiger charge is -2.51. The maximum atomic E-state index is 9.74. The molecule has 2 aliphatic heterocycles. The highest BCUT2D eigenvalue weighted by molar-refractivity contribution is 4.97. The third-order valence-electron chi connectivity index (χ3n) is 4.93. The molecule has 0 aromatic heterocycles. The van der Waals surface area contributed by atoms with E-state index in [9.17, 15) is 5.11 Å². The molecule has 0 radical (unpaired) electrons. The molecule has 0 amide bonds. The molecule has 3 heteroatoms. The number of hydrogen-bond donors (Lipinski definition) is 2. The Bertz CT molecular complexity index is 235. The van der Waals surface area contributed by atoms with Crippen LogP contribution in [0.25, 0.3) is 0 Å². The summed E-state index contributed by atoms with van der Waals surface area (Å²) in [4.78, 5) is 2.59. The van der Waals surface area contributed by atoms with Gasteiger partial charge in [-0.15, -0.1) is 0 Å². The molecule has 2 aliphatic rings. The SMILES string of the molecule is CC(C)(C)C1(CO)CCN(C2CNC2)CC1. The first kappa shape index (κ1) is 12.3. The monoisotopic (exact) mass is 226 g/mol. The van der Waals surface area contributed by atoms with Gasteiger partial charge in [-0.3, -0.25) is 4.90 Å². The second-order valence-corrected chi connectivity index (χ2v) is 6.54. The third-order valence-corrected chi connectivity index (χ3v) is 4.93. The summed E-state index contributed by atoms with van der Waals surface area (Å²) in [6, 6.07) is 0.761. The number of rotatable bonds is 2. The Morgan fingerprint density at radius 2 is 1.81 bits per heavy atom. The Balaban J connectivity index is 1.96. The number of nitrogens with one attached hydrogen (secondary N) is 1. The minimum Gasteiger partial charge on any atom is -0.396 e. The van der Waals surface area contributed by atoms with E-state index in [1.807, 2.05) is 0 Å². The maximum absolute atomic E-state index is 9.74. The topological polar surface area (TPSA) is 35.5 Å². The van der Waals surface area contributed by atoms with E-state index in [4.69, 9.17) is 0 Å². The van der Waals surface area contributed by atoms with Gasteiger partial charge in [-0.1, -0.05) is 20.8 Å². The molecule has 0 aromatic carbocycles. The summed E-state index contributed by atoms with van der Waals surface area (Å²) < 4.78 is 0. The van der Waals surface area contributed by atoms with Crippen LogP contribution >= 0.6 is 0 Å². The fourth-order valence-corrected chi connectivity index (χ4v) is 2.99. The fourth-order valence-electron chi connectivity index (χ4n) is 2.99. The maximum Gasteiger partial charge on any atom is 0.0493 e. The minimum atomic E-state index is 0.140. The fraction of sp³-hybridized carbons (Fsp3) is 1.00. The van der Waals surface area contributed by atoms with E-state index in [0.29, 0.717) is 6.61 Å². The zero-order valence-electron chi connectivity index (χ0n) is 10.9. The normalized spacial score (nSPS) is 27.8. The number of piperidine rings is 1. The van der Waals surface area contributed by atoms with Crippen molar-refractivity contribution >= 4 is 0 Å². The van der Waals surface area contributed by atoms with Gasteiger partial charge in [0, 0.05) is 31.2 Å². The van der Waals surface area contributed by atoms with E-state index < -0.39 is 0 Å². The molecular formula is C13H26N2O. The first-order valence-electron chi connectivity index (χ1n) is 6.54. The Labute approximate surface area is 99.2 Å². The number of likely N-dealkylation sites (tertiary alicyclic amines) is 1. The molecule has 2 N–H and O–H groups in total. The summed E-state index contributed by atoms with van der Waals surface area (Å²) >= 11 is 0. The molecule has 0 spiro atoms. The minimum absolute atomic E-state index is 0.140. The highest BCUT2D eigenvalue weighted by Gasteiger charge is 2.44. The molecule has 0 aromatic rings. The zero-order chi connectivity index (χ0) is 11.8. The summed E-state index contributed by atoms with van der Waals surface area (Å²) in [5.41, 5.74) is 0.354. The average Bonchev–Trinajstić information content (AvgIpc) is 2.15. The first-order valence-corrected chi connectivity index (χ1v) is 6.54. The van der Waals surface area contributed by atoms with Crippen LogP contribution in [0, 0.1) is 10.8 Å². The average molecular weight is 226 g/mol. The van der Waals surface area contributed by atoms with Gasteiger partial charge >= 0.3 is 0 Å². The van der Waals surface area contributed by atoms with Gasteiger partial charge in [-0.05, 0) is 31.3 Å². The number of aliphatic hydroxyl groups is 1. The summed E-state index contributed by atoms with van der Waals surface area (Å²) in [5, 5.41) is 13.1. The van der Waals surface area contributed by atoms with Gasteiger partial charge < -0.3 is 10.4 Å². The first-order chi connectivity index (χ1) is 7.48. The summed E-state index contributed by atoms with van der Waals surface area (Å²) in [6.45, 7) is 11.8. The van der Waals surface area contributed by atoms with Crippen LogP contribution in [0.15, 0.2) is 0 Å². The van der Waals surface area contributed by atoms with Crippen LogP contribution in [0.1, 0.15) is 33.6 Å². The van der Waals surface area contributed by atoms with E-state index in [0.717, 1.165) is 45.1 Å². The molecule has 2 saturated heterocycles. The van der Waals surface area contributed by atoms with Gasteiger partial charge in [0.25, 0.3) is 0 Å². The number of hydrogen-bond acceptors (Lipinski definition) is 3. The highest BCUT2D eigenvalue weighted by Crippen LogP contribution is 2.46. The van der Waals surface area contributed by atoms with Gasteiger partial charge in [0.1, 0.15) is 0 Å². The molecule has 3 nitrogen and oxygen atoms in total. The van der Waals surface area contributed by atoms with Crippen molar-refractivity contribution in [3.05, 3.63) is 0 Å². The van der Waals surface area contributed by atoms with Crippen LogP contribution in [-0.4, -0.2) is 48.8 Å². The van der Waals surface area contributed by atoms with E-state index in [1.165, 1.54) is 0 Å². The smallest absolute Gasteiger partial charge is 0.0493 e. The molecule has 0 atom stereocenters. The van der Waals surface area contributed by atoms with Gasteiger partial charge in [0.2, 0.25) is 0 Å². The zero-order valence-corrected chi connectivity index (χ0v) is 10.9. The lowest BCUT2D eigenvalue weighted by molar-refractivity contribution is -0.0519. The van der Waals surface area contributed by atoms with Crippen molar-refractivity contribution in [3.8, 4) is 0 Å². The third kappa shape index (κ3) is 2.01. The molecule has 0 bridgehead atoms.